The summed E-state index contributed by atoms with van der Waals surface area (Å²) in [6.07, 6.45) is 5.54. The molecule has 0 unspecified atom stereocenters. The first-order valence-electron chi connectivity index (χ1n) is 11.9. The van der Waals surface area contributed by atoms with Gasteiger partial charge in [-0.2, -0.15) is 0 Å². The second-order valence-corrected chi connectivity index (χ2v) is 11.9. The van der Waals surface area contributed by atoms with E-state index in [0.717, 1.165) is 45.1 Å². The minimum Gasteiger partial charge on any atom is -0.362 e. The first-order valence-corrected chi connectivity index (χ1v) is 11.9. The summed E-state index contributed by atoms with van der Waals surface area (Å²) in [4.78, 5) is 41.3. The molecule has 1 aromatic carbocycles. The number of fused-ring (bicyclic) bond motifs is 3. The Kier molecular flexibility index (Phi) is 4.70. The van der Waals surface area contributed by atoms with Crippen LogP contribution in [0, 0.1) is 38.7 Å². The normalized spacial score (nSPS) is 35.9. The Bertz CT molecular complexity index is 1000. The fourth-order valence-corrected chi connectivity index (χ4v) is 7.43. The maximum absolute atomic E-state index is 13.1. The Morgan fingerprint density at radius 2 is 1.78 bits per heavy atom. The fourth-order valence-electron chi connectivity index (χ4n) is 7.43. The van der Waals surface area contributed by atoms with Gasteiger partial charge >= 0.3 is 0 Å². The van der Waals surface area contributed by atoms with Gasteiger partial charge < -0.3 is 4.90 Å². The van der Waals surface area contributed by atoms with E-state index in [1.807, 2.05) is 0 Å². The summed E-state index contributed by atoms with van der Waals surface area (Å²) in [5.74, 6) is -0.535. The van der Waals surface area contributed by atoms with Crippen LogP contribution in [0.25, 0.3) is 0 Å². The molecule has 4 fully saturated rings. The molecule has 0 spiro atoms. The summed E-state index contributed by atoms with van der Waals surface area (Å²) in [7, 11) is 0. The second kappa shape index (κ2) is 7.03. The lowest BCUT2D eigenvalue weighted by atomic mass is 9.65. The summed E-state index contributed by atoms with van der Waals surface area (Å²) in [5.41, 5.74) is 1.29. The number of amides is 2. The lowest BCUT2D eigenvalue weighted by Crippen LogP contribution is -2.35. The van der Waals surface area contributed by atoms with Crippen LogP contribution in [0.15, 0.2) is 18.2 Å². The van der Waals surface area contributed by atoms with E-state index in [1.54, 1.807) is 12.1 Å². The SMILES string of the molecule is C[C@@H]1CC[C@@H]2C(=O)N(c3ccc(N4C[C@@]5(C)C[C@H]4CC(C)(C)C5)c([N+](=O)[O-])c3)C(=O)[C@H]2C1. The molecule has 7 nitrogen and oxygen atoms in total. The average Bonchev–Trinajstić information content (AvgIpc) is 3.09. The van der Waals surface area contributed by atoms with Crippen LogP contribution in [-0.4, -0.2) is 29.3 Å². The highest BCUT2D eigenvalue weighted by Gasteiger charge is 2.52. The lowest BCUT2D eigenvalue weighted by Gasteiger charge is -2.39. The van der Waals surface area contributed by atoms with Crippen molar-refractivity contribution in [1.29, 1.82) is 0 Å². The highest BCUT2D eigenvalue weighted by molar-refractivity contribution is 6.22. The van der Waals surface area contributed by atoms with Crippen LogP contribution in [0.3, 0.4) is 0 Å². The van der Waals surface area contributed by atoms with Crippen LogP contribution in [0.4, 0.5) is 17.1 Å². The van der Waals surface area contributed by atoms with Crippen molar-refractivity contribution in [3.8, 4) is 0 Å². The molecule has 2 bridgehead atoms. The van der Waals surface area contributed by atoms with E-state index in [1.165, 1.54) is 11.0 Å². The van der Waals surface area contributed by atoms with Crippen molar-refractivity contribution >= 4 is 28.9 Å². The predicted molar refractivity (Wildman–Crippen MR) is 122 cm³/mol. The summed E-state index contributed by atoms with van der Waals surface area (Å²) < 4.78 is 0. The lowest BCUT2D eigenvalue weighted by molar-refractivity contribution is -0.384. The van der Waals surface area contributed by atoms with Crippen molar-refractivity contribution in [1.82, 2.24) is 0 Å². The van der Waals surface area contributed by atoms with Crippen molar-refractivity contribution in [2.24, 2.45) is 28.6 Å². The van der Waals surface area contributed by atoms with Gasteiger partial charge in [-0.15, -0.1) is 0 Å². The largest absolute Gasteiger partial charge is 0.362 e. The summed E-state index contributed by atoms with van der Waals surface area (Å²) in [5, 5.41) is 12.1. The monoisotopic (exact) mass is 439 g/mol. The smallest absolute Gasteiger partial charge is 0.294 e. The van der Waals surface area contributed by atoms with E-state index in [0.29, 0.717) is 17.3 Å². The van der Waals surface area contributed by atoms with Gasteiger partial charge in [-0.3, -0.25) is 19.7 Å². The van der Waals surface area contributed by atoms with Gasteiger partial charge in [0, 0.05) is 18.7 Å². The van der Waals surface area contributed by atoms with Crippen molar-refractivity contribution < 1.29 is 14.5 Å². The highest BCUT2D eigenvalue weighted by atomic mass is 16.6. The molecule has 32 heavy (non-hydrogen) atoms. The molecule has 2 saturated carbocycles. The average molecular weight is 440 g/mol. The molecule has 5 atom stereocenters. The third-order valence-corrected chi connectivity index (χ3v) is 8.33. The van der Waals surface area contributed by atoms with Gasteiger partial charge in [-0.05, 0) is 67.4 Å². The van der Waals surface area contributed by atoms with E-state index in [2.05, 4.69) is 32.6 Å². The standard InChI is InChI=1S/C25H33N3O4/c1-15-5-7-18-19(9-15)23(30)27(22(18)29)16-6-8-20(21(10-16)28(31)32)26-14-25(4)12-17(26)11-24(2,3)13-25/h6,8,10,15,17-19H,5,7,9,11-14H2,1-4H3/t15-,17-,18+,19+,25+/m1/s1. The van der Waals surface area contributed by atoms with Crippen molar-refractivity contribution in [2.45, 2.75) is 72.3 Å². The molecule has 172 valence electrons. The number of rotatable bonds is 3. The molecule has 2 amide bonds. The third-order valence-electron chi connectivity index (χ3n) is 8.33. The van der Waals surface area contributed by atoms with E-state index in [9.17, 15) is 19.7 Å². The Morgan fingerprint density at radius 3 is 2.50 bits per heavy atom. The molecular formula is C25H33N3O4. The van der Waals surface area contributed by atoms with Crippen LogP contribution < -0.4 is 9.80 Å². The van der Waals surface area contributed by atoms with E-state index < -0.39 is 0 Å². The van der Waals surface area contributed by atoms with Gasteiger partial charge in [-0.25, -0.2) is 4.90 Å². The molecule has 1 aromatic rings. The number of benzene rings is 1. The number of carbonyl (C=O) groups is 2. The molecule has 2 aliphatic carbocycles. The number of nitrogens with zero attached hydrogens (tertiary/aromatic N) is 3. The van der Waals surface area contributed by atoms with Gasteiger partial charge in [0.25, 0.3) is 5.69 Å². The fraction of sp³-hybridized carbons (Fsp3) is 0.680. The van der Waals surface area contributed by atoms with Crippen molar-refractivity contribution in [3.63, 3.8) is 0 Å². The third kappa shape index (κ3) is 3.32. The topological polar surface area (TPSA) is 83.8 Å². The van der Waals surface area contributed by atoms with E-state index in [-0.39, 0.29) is 51.1 Å². The molecule has 2 aliphatic heterocycles. The highest BCUT2D eigenvalue weighted by Crippen LogP contribution is 2.54. The first-order chi connectivity index (χ1) is 15.0. The van der Waals surface area contributed by atoms with Gasteiger partial charge in [0.15, 0.2) is 0 Å². The van der Waals surface area contributed by atoms with Crippen LogP contribution in [0.2, 0.25) is 0 Å². The first kappa shape index (κ1) is 21.4. The van der Waals surface area contributed by atoms with Gasteiger partial charge in [0.1, 0.15) is 5.69 Å². The van der Waals surface area contributed by atoms with Crippen LogP contribution in [0.5, 0.6) is 0 Å². The Morgan fingerprint density at radius 1 is 1.06 bits per heavy atom. The van der Waals surface area contributed by atoms with Gasteiger partial charge in [0.05, 0.1) is 22.4 Å². The molecular weight excluding hydrogens is 406 g/mol. The predicted octanol–water partition coefficient (Wildman–Crippen LogP) is 4.93. The number of anilines is 2. The van der Waals surface area contributed by atoms with Crippen molar-refractivity contribution in [3.05, 3.63) is 28.3 Å². The van der Waals surface area contributed by atoms with Gasteiger partial charge in [0.2, 0.25) is 11.8 Å². The van der Waals surface area contributed by atoms with E-state index in [4.69, 9.17) is 0 Å². The Labute approximate surface area is 189 Å². The molecule has 2 heterocycles. The zero-order chi connectivity index (χ0) is 23.0. The molecule has 7 heteroatoms. The molecule has 0 aromatic heterocycles. The maximum atomic E-state index is 13.1. The second-order valence-electron chi connectivity index (χ2n) is 11.9. The number of hydrogen-bond acceptors (Lipinski definition) is 5. The summed E-state index contributed by atoms with van der Waals surface area (Å²) in [6.45, 7) is 9.76. The van der Waals surface area contributed by atoms with Crippen LogP contribution >= 0.6 is 0 Å². The zero-order valence-corrected chi connectivity index (χ0v) is 19.5. The molecule has 0 radical (unpaired) electrons. The molecule has 0 N–H and O–H groups in total. The summed E-state index contributed by atoms with van der Waals surface area (Å²) in [6, 6.07) is 5.21. The van der Waals surface area contributed by atoms with E-state index >= 15 is 0 Å². The minimum absolute atomic E-state index is 0.0136. The quantitative estimate of drug-likeness (QED) is 0.379. The minimum atomic E-state index is -0.366. The number of carbonyl (C=O) groups excluding carboxylic acids is 2. The molecule has 4 aliphatic rings. The Balaban J connectivity index is 1.49. The number of imide groups is 1. The molecule has 5 rings (SSSR count). The number of nitro groups is 1. The van der Waals surface area contributed by atoms with Crippen LogP contribution in [0.1, 0.15) is 66.2 Å². The number of nitro benzene ring substituents is 1. The van der Waals surface area contributed by atoms with Gasteiger partial charge in [-0.1, -0.05) is 27.7 Å². The van der Waals surface area contributed by atoms with Crippen molar-refractivity contribution in [2.75, 3.05) is 16.3 Å². The molecule has 2 saturated heterocycles. The Hall–Kier alpha value is -2.44. The van der Waals surface area contributed by atoms with Crippen LogP contribution in [-0.2, 0) is 9.59 Å². The maximum Gasteiger partial charge on any atom is 0.294 e. The number of hydrogen-bond donors (Lipinski definition) is 0. The zero-order valence-electron chi connectivity index (χ0n) is 19.5. The summed E-state index contributed by atoms with van der Waals surface area (Å²) >= 11 is 0.